The van der Waals surface area contributed by atoms with Gasteiger partial charge in [0.2, 0.25) is 0 Å². The summed E-state index contributed by atoms with van der Waals surface area (Å²) < 4.78 is 0.887. The molecule has 0 radical (unpaired) electrons. The molecule has 6 heteroatoms. The van der Waals surface area contributed by atoms with Crippen molar-refractivity contribution >= 4 is 62.8 Å². The quantitative estimate of drug-likeness (QED) is 0.625. The van der Waals surface area contributed by atoms with E-state index in [2.05, 4.69) is 4.98 Å². The maximum Gasteiger partial charge on any atom is 0.197 e. The van der Waals surface area contributed by atoms with Gasteiger partial charge in [0, 0.05) is 27.7 Å². The lowest BCUT2D eigenvalue weighted by molar-refractivity contribution is 0.104. The van der Waals surface area contributed by atoms with Gasteiger partial charge in [0.05, 0.1) is 9.90 Å². The maximum absolute atomic E-state index is 12.5. The van der Waals surface area contributed by atoms with Crippen LogP contribution >= 0.6 is 46.1 Å². The molecule has 3 rings (SSSR count). The Hall–Kier alpha value is -1.00. The van der Waals surface area contributed by atoms with E-state index < -0.39 is 0 Å². The van der Waals surface area contributed by atoms with Crippen LogP contribution in [0.3, 0.4) is 0 Å². The molecule has 19 heavy (non-hydrogen) atoms. The smallest absolute Gasteiger partial charge is 0.197 e. The van der Waals surface area contributed by atoms with Gasteiger partial charge in [-0.25, -0.2) is 0 Å². The minimum Gasteiger partial charge on any atom is -0.360 e. The second-order valence-electron chi connectivity index (χ2n) is 3.96. The molecule has 0 aliphatic rings. The predicted molar refractivity (Wildman–Crippen MR) is 81.1 cm³/mol. The molecule has 0 saturated heterocycles. The van der Waals surface area contributed by atoms with Gasteiger partial charge in [0.15, 0.2) is 5.78 Å². The number of hydrogen-bond acceptors (Lipinski definition) is 2. The molecule has 0 saturated carbocycles. The first kappa shape index (κ1) is 13.0. The number of halogens is 3. The van der Waals surface area contributed by atoms with Gasteiger partial charge in [-0.1, -0.05) is 34.8 Å². The van der Waals surface area contributed by atoms with E-state index >= 15 is 0 Å². The molecule has 0 amide bonds. The summed E-state index contributed by atoms with van der Waals surface area (Å²) in [4.78, 5) is 15.5. The Bertz CT molecular complexity index is 790. The van der Waals surface area contributed by atoms with Crippen LogP contribution in [0.1, 0.15) is 15.9 Å². The first-order valence-corrected chi connectivity index (χ1v) is 7.27. The van der Waals surface area contributed by atoms with Crippen LogP contribution in [-0.4, -0.2) is 10.8 Å². The monoisotopic (exact) mass is 329 g/mol. The second kappa shape index (κ2) is 4.84. The summed E-state index contributed by atoms with van der Waals surface area (Å²) in [6.07, 6.45) is 1.66. The summed E-state index contributed by atoms with van der Waals surface area (Å²) in [5, 5.41) is 1.35. The van der Waals surface area contributed by atoms with Gasteiger partial charge in [-0.05, 0) is 24.3 Å². The van der Waals surface area contributed by atoms with Gasteiger partial charge in [-0.3, -0.25) is 4.79 Å². The fourth-order valence-corrected chi connectivity index (χ4v) is 3.55. The highest BCUT2D eigenvalue weighted by atomic mass is 35.5. The van der Waals surface area contributed by atoms with E-state index in [4.69, 9.17) is 34.8 Å². The Morgan fingerprint density at radius 2 is 1.89 bits per heavy atom. The van der Waals surface area contributed by atoms with Crippen molar-refractivity contribution in [3.05, 3.63) is 55.3 Å². The van der Waals surface area contributed by atoms with E-state index in [1.54, 1.807) is 24.4 Å². The lowest BCUT2D eigenvalue weighted by Gasteiger charge is -1.98. The highest BCUT2D eigenvalue weighted by molar-refractivity contribution is 7.20. The fraction of sp³-hybridized carbons (Fsp3) is 0. The number of fused-ring (bicyclic) bond motifs is 1. The fourth-order valence-electron chi connectivity index (χ4n) is 1.92. The van der Waals surface area contributed by atoms with Crippen LogP contribution in [0.4, 0.5) is 0 Å². The highest BCUT2D eigenvalue weighted by Crippen LogP contribution is 2.34. The van der Waals surface area contributed by atoms with E-state index in [0.717, 1.165) is 10.9 Å². The Balaban J connectivity index is 2.16. The van der Waals surface area contributed by atoms with Crippen molar-refractivity contribution in [2.75, 3.05) is 0 Å². The number of hydrogen-bond donors (Lipinski definition) is 1. The molecule has 3 aromatic rings. The number of ketones is 1. The third-order valence-corrected chi connectivity index (χ3v) is 4.51. The molecule has 1 N–H and O–H groups in total. The van der Waals surface area contributed by atoms with Crippen molar-refractivity contribution in [1.82, 2.24) is 4.98 Å². The van der Waals surface area contributed by atoms with Crippen molar-refractivity contribution in [1.29, 1.82) is 0 Å². The van der Waals surface area contributed by atoms with Crippen molar-refractivity contribution in [3.63, 3.8) is 0 Å². The van der Waals surface area contributed by atoms with Crippen LogP contribution in [0.15, 0.2) is 30.5 Å². The molecule has 0 atom stereocenters. The number of aromatic nitrogens is 1. The highest BCUT2D eigenvalue weighted by Gasteiger charge is 2.19. The van der Waals surface area contributed by atoms with Crippen LogP contribution in [-0.2, 0) is 0 Å². The molecule has 0 spiro atoms. The zero-order chi connectivity index (χ0) is 13.6. The molecule has 0 bridgehead atoms. The van der Waals surface area contributed by atoms with Gasteiger partial charge < -0.3 is 4.98 Å². The number of rotatable bonds is 2. The van der Waals surface area contributed by atoms with Gasteiger partial charge >= 0.3 is 0 Å². The average Bonchev–Trinajstić information content (AvgIpc) is 2.91. The number of benzene rings is 1. The van der Waals surface area contributed by atoms with Gasteiger partial charge in [0.1, 0.15) is 4.34 Å². The molecular formula is C13H6Cl3NOS. The molecule has 0 unspecified atom stereocenters. The molecule has 0 aliphatic carbocycles. The summed E-state index contributed by atoms with van der Waals surface area (Å²) in [6, 6.07) is 6.93. The van der Waals surface area contributed by atoms with E-state index in [1.165, 1.54) is 11.3 Å². The minimum atomic E-state index is -0.165. The molecule has 2 heterocycles. The van der Waals surface area contributed by atoms with Gasteiger partial charge in [-0.2, -0.15) is 0 Å². The van der Waals surface area contributed by atoms with Crippen LogP contribution in [0.5, 0.6) is 0 Å². The number of aromatic amines is 1. The number of thiophene rings is 1. The number of carbonyl (C=O) groups excluding carboxylic acids is 1. The first-order chi connectivity index (χ1) is 9.06. The van der Waals surface area contributed by atoms with E-state index in [0.29, 0.717) is 24.8 Å². The third-order valence-electron chi connectivity index (χ3n) is 2.79. The molecule has 2 nitrogen and oxygen atoms in total. The second-order valence-corrected chi connectivity index (χ2v) is 6.68. The van der Waals surface area contributed by atoms with Gasteiger partial charge in [0.25, 0.3) is 0 Å². The van der Waals surface area contributed by atoms with E-state index in [1.807, 2.05) is 6.07 Å². The summed E-state index contributed by atoms with van der Waals surface area (Å²) >= 11 is 19.0. The van der Waals surface area contributed by atoms with Crippen molar-refractivity contribution in [2.24, 2.45) is 0 Å². The largest absolute Gasteiger partial charge is 0.360 e. The summed E-state index contributed by atoms with van der Waals surface area (Å²) in [6.45, 7) is 0. The predicted octanol–water partition coefficient (Wildman–Crippen LogP) is 5.42. The first-order valence-electron chi connectivity index (χ1n) is 5.32. The van der Waals surface area contributed by atoms with E-state index in [9.17, 15) is 4.79 Å². The Labute approximate surface area is 127 Å². The van der Waals surface area contributed by atoms with Crippen molar-refractivity contribution < 1.29 is 4.79 Å². The zero-order valence-corrected chi connectivity index (χ0v) is 12.4. The normalized spacial score (nSPS) is 11.1. The lowest BCUT2D eigenvalue weighted by Crippen LogP contribution is -1.98. The van der Waals surface area contributed by atoms with Crippen LogP contribution < -0.4 is 0 Å². The molecule has 96 valence electrons. The SMILES string of the molecule is O=C(c1cc(Cl)sc1Cl)c1c[nH]c2ccc(Cl)cc12. The lowest BCUT2D eigenvalue weighted by atomic mass is 10.1. The molecule has 0 aliphatic heterocycles. The van der Waals surface area contributed by atoms with Crippen LogP contribution in [0, 0.1) is 0 Å². The number of nitrogens with one attached hydrogen (secondary N) is 1. The molecular weight excluding hydrogens is 325 g/mol. The topological polar surface area (TPSA) is 32.9 Å². The Morgan fingerprint density at radius 1 is 1.11 bits per heavy atom. The Morgan fingerprint density at radius 3 is 2.58 bits per heavy atom. The standard InChI is InChI=1S/C13H6Cl3NOS/c14-6-1-2-10-7(3-6)9(5-17-10)12(18)8-4-11(15)19-13(8)16/h1-5,17H. The summed E-state index contributed by atoms with van der Waals surface area (Å²) in [5.74, 6) is -0.165. The Kier molecular flexibility index (Phi) is 3.31. The molecule has 2 aromatic heterocycles. The van der Waals surface area contributed by atoms with Crippen LogP contribution in [0.2, 0.25) is 13.7 Å². The van der Waals surface area contributed by atoms with Crippen LogP contribution in [0.25, 0.3) is 10.9 Å². The average molecular weight is 331 g/mol. The minimum absolute atomic E-state index is 0.165. The summed E-state index contributed by atoms with van der Waals surface area (Å²) in [7, 11) is 0. The number of H-pyrrole nitrogens is 1. The number of carbonyl (C=O) groups is 1. The van der Waals surface area contributed by atoms with Gasteiger partial charge in [-0.15, -0.1) is 11.3 Å². The van der Waals surface area contributed by atoms with Crippen molar-refractivity contribution in [2.45, 2.75) is 0 Å². The summed E-state index contributed by atoms with van der Waals surface area (Å²) in [5.41, 5.74) is 1.80. The third kappa shape index (κ3) is 2.28. The molecule has 0 fully saturated rings. The molecule has 1 aromatic carbocycles. The van der Waals surface area contributed by atoms with E-state index in [-0.39, 0.29) is 5.78 Å². The van der Waals surface area contributed by atoms with Crippen molar-refractivity contribution in [3.8, 4) is 0 Å². The zero-order valence-electron chi connectivity index (χ0n) is 9.34. The maximum atomic E-state index is 12.5.